The summed E-state index contributed by atoms with van der Waals surface area (Å²) in [5.41, 5.74) is 3.47. The number of benzene rings is 1. The molecule has 5 heteroatoms. The zero-order valence-corrected chi connectivity index (χ0v) is 17.8. The van der Waals surface area contributed by atoms with E-state index in [0.717, 1.165) is 18.4 Å². The summed E-state index contributed by atoms with van der Waals surface area (Å²) in [5, 5.41) is 0. The molecular formula is C23H32O5. The van der Waals surface area contributed by atoms with E-state index < -0.39 is 0 Å². The van der Waals surface area contributed by atoms with Crippen LogP contribution in [0, 0.1) is 0 Å². The van der Waals surface area contributed by atoms with Gasteiger partial charge in [-0.25, -0.2) is 0 Å². The van der Waals surface area contributed by atoms with Crippen molar-refractivity contribution >= 4 is 12.0 Å². The fraction of sp³-hybridized carbons (Fsp3) is 0.435. The van der Waals surface area contributed by atoms with Crippen LogP contribution in [0.25, 0.3) is 6.08 Å². The lowest BCUT2D eigenvalue weighted by atomic mass is 10.1. The average molecular weight is 389 g/mol. The van der Waals surface area contributed by atoms with E-state index in [2.05, 4.69) is 32.9 Å². The minimum atomic E-state index is -0.312. The Hall–Kier alpha value is -2.69. The Bertz CT molecular complexity index is 700. The maximum Gasteiger partial charge on any atom is 0.302 e. The first kappa shape index (κ1) is 23.3. The summed E-state index contributed by atoms with van der Waals surface area (Å²) in [5.74, 6) is 1.42. The van der Waals surface area contributed by atoms with Crippen LogP contribution in [0.5, 0.6) is 17.2 Å². The first-order valence-electron chi connectivity index (χ1n) is 9.35. The van der Waals surface area contributed by atoms with Gasteiger partial charge in [-0.3, -0.25) is 4.79 Å². The molecule has 0 unspecified atom stereocenters. The highest BCUT2D eigenvalue weighted by atomic mass is 16.5. The van der Waals surface area contributed by atoms with Gasteiger partial charge in [0, 0.05) is 6.92 Å². The second kappa shape index (κ2) is 12.7. The van der Waals surface area contributed by atoms with Crippen molar-refractivity contribution in [2.45, 2.75) is 40.5 Å². The van der Waals surface area contributed by atoms with Gasteiger partial charge in [-0.15, -0.1) is 0 Å². The molecule has 0 saturated carbocycles. The standard InChI is InChI=1S/C23H32O5/c1-17(2)9-7-10-18(3)12-14-28-23-21(25-5)15-20(16-22(23)26-6)11-8-13-27-19(4)24/h8-9,11-12,15-16H,7,10,13-14H2,1-6H3. The van der Waals surface area contributed by atoms with Gasteiger partial charge in [0.25, 0.3) is 0 Å². The second-order valence-corrected chi connectivity index (χ2v) is 6.64. The number of hydrogen-bond donors (Lipinski definition) is 0. The zero-order chi connectivity index (χ0) is 20.9. The van der Waals surface area contributed by atoms with Crippen LogP contribution in [-0.4, -0.2) is 33.4 Å². The lowest BCUT2D eigenvalue weighted by molar-refractivity contribution is -0.139. The van der Waals surface area contributed by atoms with Crippen molar-refractivity contribution < 1.29 is 23.7 Å². The zero-order valence-electron chi connectivity index (χ0n) is 17.8. The Labute approximate surface area is 168 Å². The minimum Gasteiger partial charge on any atom is -0.493 e. The molecule has 0 N–H and O–H groups in total. The molecule has 0 aromatic heterocycles. The Morgan fingerprint density at radius 1 is 0.964 bits per heavy atom. The van der Waals surface area contributed by atoms with Crippen molar-refractivity contribution in [3.8, 4) is 17.2 Å². The molecular weight excluding hydrogens is 356 g/mol. The highest BCUT2D eigenvalue weighted by Gasteiger charge is 2.13. The highest BCUT2D eigenvalue weighted by molar-refractivity contribution is 5.66. The van der Waals surface area contributed by atoms with Gasteiger partial charge in [-0.1, -0.05) is 23.3 Å². The van der Waals surface area contributed by atoms with Gasteiger partial charge >= 0.3 is 5.97 Å². The summed E-state index contributed by atoms with van der Waals surface area (Å²) in [6.07, 6.45) is 9.95. The van der Waals surface area contributed by atoms with Gasteiger partial charge < -0.3 is 18.9 Å². The van der Waals surface area contributed by atoms with Gasteiger partial charge in [0.05, 0.1) is 14.2 Å². The van der Waals surface area contributed by atoms with Crippen LogP contribution in [0.1, 0.15) is 46.1 Å². The van der Waals surface area contributed by atoms with Gasteiger partial charge in [-0.05, 0) is 63.5 Å². The number of allylic oxidation sites excluding steroid dienone is 3. The van der Waals surface area contributed by atoms with Gasteiger partial charge in [0.1, 0.15) is 13.2 Å². The molecule has 5 nitrogen and oxygen atoms in total. The van der Waals surface area contributed by atoms with Crippen molar-refractivity contribution in [3.63, 3.8) is 0 Å². The van der Waals surface area contributed by atoms with Crippen LogP contribution < -0.4 is 14.2 Å². The number of carbonyl (C=O) groups excluding carboxylic acids is 1. The molecule has 0 aliphatic rings. The molecule has 0 bridgehead atoms. The molecule has 0 fully saturated rings. The third kappa shape index (κ3) is 8.80. The van der Waals surface area contributed by atoms with Crippen LogP contribution in [0.3, 0.4) is 0 Å². The van der Waals surface area contributed by atoms with E-state index in [-0.39, 0.29) is 12.6 Å². The van der Waals surface area contributed by atoms with Crippen molar-refractivity contribution in [3.05, 3.63) is 47.1 Å². The number of carbonyl (C=O) groups is 1. The van der Waals surface area contributed by atoms with Gasteiger partial charge in [0.15, 0.2) is 11.5 Å². The molecule has 0 heterocycles. The predicted octanol–water partition coefficient (Wildman–Crippen LogP) is 5.35. The number of esters is 1. The number of hydrogen-bond acceptors (Lipinski definition) is 5. The molecule has 0 aliphatic carbocycles. The van der Waals surface area contributed by atoms with E-state index in [9.17, 15) is 4.79 Å². The van der Waals surface area contributed by atoms with E-state index in [0.29, 0.717) is 23.9 Å². The molecule has 1 rings (SSSR count). The van der Waals surface area contributed by atoms with Gasteiger partial charge in [0.2, 0.25) is 5.75 Å². The maximum atomic E-state index is 10.8. The molecule has 0 spiro atoms. The predicted molar refractivity (Wildman–Crippen MR) is 113 cm³/mol. The third-order valence-electron chi connectivity index (χ3n) is 3.93. The van der Waals surface area contributed by atoms with Crippen LogP contribution in [0.4, 0.5) is 0 Å². The summed E-state index contributed by atoms with van der Waals surface area (Å²) in [7, 11) is 3.18. The monoisotopic (exact) mass is 388 g/mol. The summed E-state index contributed by atoms with van der Waals surface area (Å²) < 4.78 is 21.8. The van der Waals surface area contributed by atoms with Crippen LogP contribution in [0.15, 0.2) is 41.5 Å². The van der Waals surface area contributed by atoms with Gasteiger partial charge in [-0.2, -0.15) is 0 Å². The van der Waals surface area contributed by atoms with Crippen LogP contribution >= 0.6 is 0 Å². The Morgan fingerprint density at radius 3 is 2.14 bits per heavy atom. The van der Waals surface area contributed by atoms with Crippen LogP contribution in [0.2, 0.25) is 0 Å². The third-order valence-corrected chi connectivity index (χ3v) is 3.93. The maximum absolute atomic E-state index is 10.8. The van der Waals surface area contributed by atoms with Crippen molar-refractivity contribution in [1.29, 1.82) is 0 Å². The highest BCUT2D eigenvalue weighted by Crippen LogP contribution is 2.39. The summed E-state index contributed by atoms with van der Waals surface area (Å²) in [6, 6.07) is 3.71. The molecule has 1 aromatic rings. The lowest BCUT2D eigenvalue weighted by Gasteiger charge is -2.15. The van der Waals surface area contributed by atoms with Crippen LogP contribution in [-0.2, 0) is 9.53 Å². The molecule has 1 aromatic carbocycles. The molecule has 0 saturated heterocycles. The Kier molecular flexibility index (Phi) is 10.6. The first-order chi connectivity index (χ1) is 13.4. The molecule has 0 amide bonds. The molecule has 28 heavy (non-hydrogen) atoms. The van der Waals surface area contributed by atoms with Crippen molar-refractivity contribution in [2.75, 3.05) is 27.4 Å². The first-order valence-corrected chi connectivity index (χ1v) is 9.35. The van der Waals surface area contributed by atoms with Crippen molar-refractivity contribution in [1.82, 2.24) is 0 Å². The number of rotatable bonds is 11. The summed E-state index contributed by atoms with van der Waals surface area (Å²) >= 11 is 0. The smallest absolute Gasteiger partial charge is 0.302 e. The largest absolute Gasteiger partial charge is 0.493 e. The molecule has 154 valence electrons. The van der Waals surface area contributed by atoms with E-state index in [4.69, 9.17) is 18.9 Å². The summed E-state index contributed by atoms with van der Waals surface area (Å²) in [6.45, 7) is 8.35. The minimum absolute atomic E-state index is 0.217. The summed E-state index contributed by atoms with van der Waals surface area (Å²) in [4.78, 5) is 10.8. The Balaban J connectivity index is 2.82. The Morgan fingerprint density at radius 2 is 1.61 bits per heavy atom. The SMILES string of the molecule is COc1cc(C=CCOC(C)=O)cc(OC)c1OCC=C(C)CCC=C(C)C. The fourth-order valence-electron chi connectivity index (χ4n) is 2.45. The number of ether oxygens (including phenoxy) is 4. The second-order valence-electron chi connectivity index (χ2n) is 6.64. The van der Waals surface area contributed by atoms with E-state index >= 15 is 0 Å². The van der Waals surface area contributed by atoms with E-state index in [1.807, 2.05) is 18.2 Å². The number of methoxy groups -OCH3 is 2. The van der Waals surface area contributed by atoms with E-state index in [1.165, 1.54) is 18.1 Å². The quantitative estimate of drug-likeness (QED) is 0.378. The molecule has 0 atom stereocenters. The lowest BCUT2D eigenvalue weighted by Crippen LogP contribution is -2.01. The average Bonchev–Trinajstić information content (AvgIpc) is 2.65. The normalized spacial score (nSPS) is 11.3. The topological polar surface area (TPSA) is 54.0 Å². The molecule has 0 aliphatic heterocycles. The fourth-order valence-corrected chi connectivity index (χ4v) is 2.45. The molecule has 0 radical (unpaired) electrons. The van der Waals surface area contributed by atoms with E-state index in [1.54, 1.807) is 20.3 Å². The van der Waals surface area contributed by atoms with Crippen molar-refractivity contribution in [2.24, 2.45) is 0 Å².